The first-order valence-electron chi connectivity index (χ1n) is 8.53. The molecule has 0 heterocycles. The predicted molar refractivity (Wildman–Crippen MR) is 101 cm³/mol. The van der Waals surface area contributed by atoms with Crippen LogP contribution in [-0.2, 0) is 6.42 Å². The molecule has 0 saturated carbocycles. The minimum absolute atomic E-state index is 0.0950. The van der Waals surface area contributed by atoms with Gasteiger partial charge in [-0.3, -0.25) is 4.79 Å². The van der Waals surface area contributed by atoms with Crippen molar-refractivity contribution in [3.05, 3.63) is 59.7 Å². The summed E-state index contributed by atoms with van der Waals surface area (Å²) in [5.74, 6) is 0.135. The van der Waals surface area contributed by atoms with E-state index in [0.29, 0.717) is 30.1 Å². The van der Waals surface area contributed by atoms with Crippen LogP contribution in [0.4, 0.5) is 0 Å². The summed E-state index contributed by atoms with van der Waals surface area (Å²) in [6, 6.07) is 7.64. The molecule has 5 nitrogen and oxygen atoms in total. The molecule has 0 aliphatic rings. The number of carbonyl (C=O) groups excluding carboxylic acids is 1. The highest BCUT2D eigenvalue weighted by atomic mass is 16.5. The zero-order valence-corrected chi connectivity index (χ0v) is 15.1. The van der Waals surface area contributed by atoms with Gasteiger partial charge < -0.3 is 19.7 Å². The number of allylic oxidation sites excluding steroid dienone is 1. The second kappa shape index (κ2) is 8.94. The lowest BCUT2D eigenvalue weighted by Crippen LogP contribution is -2.05. The molecule has 0 aliphatic heterocycles. The Bertz CT molecular complexity index is 795. The van der Waals surface area contributed by atoms with E-state index >= 15 is 0 Å². The van der Waals surface area contributed by atoms with Gasteiger partial charge in [-0.15, -0.1) is 6.58 Å². The van der Waals surface area contributed by atoms with Crippen molar-refractivity contribution in [2.75, 3.05) is 13.7 Å². The van der Waals surface area contributed by atoms with Gasteiger partial charge in [0.2, 0.25) is 0 Å². The van der Waals surface area contributed by atoms with Gasteiger partial charge in [-0.1, -0.05) is 19.4 Å². The van der Waals surface area contributed by atoms with E-state index in [-0.39, 0.29) is 22.6 Å². The molecule has 0 saturated heterocycles. The normalized spacial score (nSPS) is 10.4. The molecule has 0 aromatic heterocycles. The van der Waals surface area contributed by atoms with Gasteiger partial charge >= 0.3 is 0 Å². The van der Waals surface area contributed by atoms with Crippen molar-refractivity contribution in [1.82, 2.24) is 0 Å². The van der Waals surface area contributed by atoms with Crippen LogP contribution in [0.1, 0.15) is 41.3 Å². The molecule has 0 atom stereocenters. The molecule has 2 aromatic rings. The summed E-state index contributed by atoms with van der Waals surface area (Å²) in [5.41, 5.74) is 0.669. The van der Waals surface area contributed by atoms with E-state index < -0.39 is 5.78 Å². The maximum absolute atomic E-state index is 12.8. The fourth-order valence-corrected chi connectivity index (χ4v) is 2.61. The Hall–Kier alpha value is -2.95. The highest BCUT2D eigenvalue weighted by molar-refractivity contribution is 6.12. The van der Waals surface area contributed by atoms with Gasteiger partial charge in [-0.2, -0.15) is 0 Å². The molecule has 0 amide bonds. The maximum atomic E-state index is 12.8. The number of phenolic OH excluding ortho intramolecular Hbond substituents is 2. The van der Waals surface area contributed by atoms with Crippen molar-refractivity contribution in [2.45, 2.75) is 26.2 Å². The molecular formula is C21H24O5. The van der Waals surface area contributed by atoms with Gasteiger partial charge in [0, 0.05) is 11.6 Å². The first-order valence-corrected chi connectivity index (χ1v) is 8.53. The van der Waals surface area contributed by atoms with E-state index in [1.54, 1.807) is 18.2 Å². The van der Waals surface area contributed by atoms with Crippen molar-refractivity contribution in [3.63, 3.8) is 0 Å². The zero-order chi connectivity index (χ0) is 19.1. The van der Waals surface area contributed by atoms with Gasteiger partial charge in [0.15, 0.2) is 5.78 Å². The van der Waals surface area contributed by atoms with Crippen molar-refractivity contribution in [3.8, 4) is 23.0 Å². The lowest BCUT2D eigenvalue weighted by Gasteiger charge is -2.13. The van der Waals surface area contributed by atoms with Crippen LogP contribution in [0.3, 0.4) is 0 Å². The Morgan fingerprint density at radius 3 is 2.54 bits per heavy atom. The first-order chi connectivity index (χ1) is 12.5. The third kappa shape index (κ3) is 4.17. The zero-order valence-electron chi connectivity index (χ0n) is 15.1. The lowest BCUT2D eigenvalue weighted by atomic mass is 9.97. The summed E-state index contributed by atoms with van der Waals surface area (Å²) < 4.78 is 10.7. The maximum Gasteiger partial charge on any atom is 0.200 e. The van der Waals surface area contributed by atoms with Gasteiger partial charge in [0.1, 0.15) is 23.0 Å². The fourth-order valence-electron chi connectivity index (χ4n) is 2.61. The number of ether oxygens (including phenoxy) is 2. The SMILES string of the molecule is C=CCc1c(OC)ccc(C(=O)c2ccc(OCCCC)cc2O)c1O. The van der Waals surface area contributed by atoms with Crippen LogP contribution >= 0.6 is 0 Å². The van der Waals surface area contributed by atoms with Gasteiger partial charge in [-0.05, 0) is 37.1 Å². The number of rotatable bonds is 9. The van der Waals surface area contributed by atoms with E-state index in [9.17, 15) is 15.0 Å². The number of unbranched alkanes of at least 4 members (excludes halogenated alkanes) is 1. The van der Waals surface area contributed by atoms with Crippen molar-refractivity contribution >= 4 is 5.78 Å². The van der Waals surface area contributed by atoms with E-state index in [2.05, 4.69) is 13.5 Å². The second-order valence-corrected chi connectivity index (χ2v) is 5.85. The van der Waals surface area contributed by atoms with Gasteiger partial charge in [0.05, 0.1) is 24.8 Å². The van der Waals surface area contributed by atoms with E-state index in [0.717, 1.165) is 12.8 Å². The Morgan fingerprint density at radius 2 is 1.92 bits per heavy atom. The summed E-state index contributed by atoms with van der Waals surface area (Å²) >= 11 is 0. The Kier molecular flexibility index (Phi) is 6.67. The molecular weight excluding hydrogens is 332 g/mol. The Labute approximate surface area is 153 Å². The van der Waals surface area contributed by atoms with Crippen LogP contribution in [0.2, 0.25) is 0 Å². The molecule has 0 fully saturated rings. The Balaban J connectivity index is 2.34. The number of methoxy groups -OCH3 is 1. The molecule has 0 radical (unpaired) electrons. The van der Waals surface area contributed by atoms with Crippen LogP contribution in [-0.4, -0.2) is 29.7 Å². The third-order valence-electron chi connectivity index (χ3n) is 4.03. The molecule has 2 N–H and O–H groups in total. The number of hydrogen-bond acceptors (Lipinski definition) is 5. The highest BCUT2D eigenvalue weighted by Crippen LogP contribution is 2.35. The summed E-state index contributed by atoms with van der Waals surface area (Å²) in [6.45, 7) is 6.26. The average molecular weight is 356 g/mol. The number of ketones is 1. The smallest absolute Gasteiger partial charge is 0.200 e. The third-order valence-corrected chi connectivity index (χ3v) is 4.03. The van der Waals surface area contributed by atoms with E-state index in [4.69, 9.17) is 9.47 Å². The quantitative estimate of drug-likeness (QED) is 0.399. The van der Waals surface area contributed by atoms with E-state index in [1.807, 2.05) is 0 Å². The van der Waals surface area contributed by atoms with Crippen molar-refractivity contribution < 1.29 is 24.5 Å². The fraction of sp³-hybridized carbons (Fsp3) is 0.286. The van der Waals surface area contributed by atoms with Crippen molar-refractivity contribution in [2.24, 2.45) is 0 Å². The lowest BCUT2D eigenvalue weighted by molar-refractivity contribution is 0.103. The molecule has 2 aromatic carbocycles. The first kappa shape index (κ1) is 19.4. The second-order valence-electron chi connectivity index (χ2n) is 5.85. The predicted octanol–water partition coefficient (Wildman–Crippen LogP) is 4.24. The van der Waals surface area contributed by atoms with Gasteiger partial charge in [0.25, 0.3) is 0 Å². The molecule has 0 aliphatic carbocycles. The molecule has 0 spiro atoms. The number of carbonyl (C=O) groups is 1. The van der Waals surface area contributed by atoms with Crippen LogP contribution < -0.4 is 9.47 Å². The number of hydrogen-bond donors (Lipinski definition) is 2. The number of phenols is 2. The molecule has 138 valence electrons. The van der Waals surface area contributed by atoms with Crippen LogP contribution in [0.25, 0.3) is 0 Å². The molecule has 2 rings (SSSR count). The minimum atomic E-state index is -0.479. The Morgan fingerprint density at radius 1 is 1.19 bits per heavy atom. The number of benzene rings is 2. The highest BCUT2D eigenvalue weighted by Gasteiger charge is 2.21. The summed E-state index contributed by atoms with van der Waals surface area (Å²) in [7, 11) is 1.49. The molecule has 5 heteroatoms. The van der Waals surface area contributed by atoms with Crippen molar-refractivity contribution in [1.29, 1.82) is 0 Å². The van der Waals surface area contributed by atoms with E-state index in [1.165, 1.54) is 25.3 Å². The monoisotopic (exact) mass is 356 g/mol. The standard InChI is InChI=1S/C21H24O5/c1-4-6-12-26-14-8-9-15(18(22)13-14)20(23)17-10-11-19(25-3)16(7-5-2)21(17)24/h5,8-11,13,22,24H,2,4,6-7,12H2,1,3H3. The minimum Gasteiger partial charge on any atom is -0.507 e. The summed E-state index contributed by atoms with van der Waals surface area (Å²) in [5, 5.41) is 20.7. The average Bonchev–Trinajstić information content (AvgIpc) is 2.63. The summed E-state index contributed by atoms with van der Waals surface area (Å²) in [6.07, 6.45) is 3.89. The summed E-state index contributed by atoms with van der Waals surface area (Å²) in [4.78, 5) is 12.8. The largest absolute Gasteiger partial charge is 0.507 e. The van der Waals surface area contributed by atoms with Crippen LogP contribution in [0.5, 0.6) is 23.0 Å². The topological polar surface area (TPSA) is 76.0 Å². The number of aromatic hydroxyl groups is 2. The molecule has 0 unspecified atom stereocenters. The van der Waals surface area contributed by atoms with Crippen LogP contribution in [0.15, 0.2) is 43.0 Å². The van der Waals surface area contributed by atoms with Gasteiger partial charge in [-0.25, -0.2) is 0 Å². The molecule has 0 bridgehead atoms. The van der Waals surface area contributed by atoms with Crippen LogP contribution in [0, 0.1) is 0 Å². The molecule has 26 heavy (non-hydrogen) atoms.